The number of hydrogen-bond acceptors (Lipinski definition) is 3. The number of carbonyl (C=O) groups is 2. The topological polar surface area (TPSA) is 46.6 Å². The predicted octanol–water partition coefficient (Wildman–Crippen LogP) is 1.95. The van der Waals surface area contributed by atoms with Crippen LogP contribution in [0.1, 0.15) is 11.6 Å². The van der Waals surface area contributed by atoms with Crippen molar-refractivity contribution in [1.82, 2.24) is 4.90 Å². The Bertz CT molecular complexity index is 407. The number of ether oxygens (including phenoxy) is 1. The molecule has 1 aromatic rings. The van der Waals surface area contributed by atoms with E-state index in [1.807, 2.05) is 30.3 Å². The van der Waals surface area contributed by atoms with Crippen LogP contribution in [0.25, 0.3) is 0 Å². The monoisotopic (exact) mass is 239 g/mol. The average Bonchev–Trinajstić information content (AvgIpc) is 2.71. The van der Waals surface area contributed by atoms with Crippen LogP contribution in [0.3, 0.4) is 0 Å². The molecule has 1 aromatic carbocycles. The van der Waals surface area contributed by atoms with Crippen LogP contribution in [0.2, 0.25) is 0 Å². The van der Waals surface area contributed by atoms with Crippen molar-refractivity contribution in [2.75, 3.05) is 12.5 Å². The first kappa shape index (κ1) is 11.0. The quantitative estimate of drug-likeness (QED) is 0.741. The van der Waals surface area contributed by atoms with Crippen molar-refractivity contribution in [2.24, 2.45) is 0 Å². The number of rotatable bonds is 2. The molecule has 1 aliphatic rings. The number of cyclic esters (lactones) is 1. The van der Waals surface area contributed by atoms with Gasteiger partial charge in [0.2, 0.25) is 5.91 Å². The zero-order valence-electron chi connectivity index (χ0n) is 8.43. The first-order valence-electron chi connectivity index (χ1n) is 4.83. The number of carbonyl (C=O) groups excluding carboxylic acids is 2. The Kier molecular flexibility index (Phi) is 3.10. The Morgan fingerprint density at radius 3 is 2.75 bits per heavy atom. The zero-order valence-corrected chi connectivity index (χ0v) is 9.18. The summed E-state index contributed by atoms with van der Waals surface area (Å²) in [4.78, 5) is 24.0. The van der Waals surface area contributed by atoms with Crippen LogP contribution in [0.15, 0.2) is 30.3 Å². The summed E-state index contributed by atoms with van der Waals surface area (Å²) in [6.07, 6.45) is -0.625. The van der Waals surface area contributed by atoms with E-state index < -0.39 is 12.0 Å². The van der Waals surface area contributed by atoms with Crippen molar-refractivity contribution >= 4 is 23.6 Å². The van der Waals surface area contributed by atoms with E-state index in [1.165, 1.54) is 0 Å². The largest absolute Gasteiger partial charge is 0.446 e. The van der Waals surface area contributed by atoms with Gasteiger partial charge in [0, 0.05) is 0 Å². The molecule has 1 heterocycles. The van der Waals surface area contributed by atoms with Gasteiger partial charge in [-0.15, -0.1) is 11.6 Å². The van der Waals surface area contributed by atoms with E-state index in [4.69, 9.17) is 16.3 Å². The van der Waals surface area contributed by atoms with Gasteiger partial charge in [-0.1, -0.05) is 30.3 Å². The maximum absolute atomic E-state index is 11.5. The molecule has 16 heavy (non-hydrogen) atoms. The number of halogens is 1. The van der Waals surface area contributed by atoms with E-state index >= 15 is 0 Å². The molecule has 0 spiro atoms. The molecule has 5 heteroatoms. The number of benzene rings is 1. The molecule has 0 aromatic heterocycles. The molecule has 84 valence electrons. The van der Waals surface area contributed by atoms with Crippen molar-refractivity contribution < 1.29 is 14.3 Å². The minimum absolute atomic E-state index is 0.186. The Morgan fingerprint density at radius 1 is 1.44 bits per heavy atom. The summed E-state index contributed by atoms with van der Waals surface area (Å²) >= 11 is 5.45. The lowest BCUT2D eigenvalue weighted by atomic mass is 10.1. The van der Waals surface area contributed by atoms with E-state index in [9.17, 15) is 9.59 Å². The highest BCUT2D eigenvalue weighted by Crippen LogP contribution is 2.27. The van der Waals surface area contributed by atoms with Crippen LogP contribution in [0.5, 0.6) is 0 Å². The van der Waals surface area contributed by atoms with Gasteiger partial charge in [0.25, 0.3) is 0 Å². The minimum Gasteiger partial charge on any atom is -0.446 e. The fourth-order valence-corrected chi connectivity index (χ4v) is 1.81. The molecule has 0 N–H and O–H groups in total. The van der Waals surface area contributed by atoms with Gasteiger partial charge in [-0.2, -0.15) is 0 Å². The number of nitrogens with zero attached hydrogens (tertiary/aromatic N) is 1. The highest BCUT2D eigenvalue weighted by molar-refractivity contribution is 6.28. The zero-order chi connectivity index (χ0) is 11.5. The Labute approximate surface area is 97.7 Å². The third-order valence-corrected chi connectivity index (χ3v) is 2.67. The standard InChI is InChI=1S/C11H10ClNO3/c12-6-10(14)13-9(7-16-11(13)15)8-4-2-1-3-5-8/h1-5,9H,6-7H2/t9-/m0/s1. The third kappa shape index (κ3) is 1.88. The first-order chi connectivity index (χ1) is 7.74. The lowest BCUT2D eigenvalue weighted by Gasteiger charge is -2.18. The minimum atomic E-state index is -0.625. The summed E-state index contributed by atoms with van der Waals surface area (Å²) in [5.41, 5.74) is 0.867. The SMILES string of the molecule is O=C(CCl)N1C(=O)OC[C@H]1c1ccccc1. The van der Waals surface area contributed by atoms with E-state index in [0.717, 1.165) is 10.5 Å². The van der Waals surface area contributed by atoms with Crippen LogP contribution in [-0.4, -0.2) is 29.4 Å². The molecule has 1 aliphatic heterocycles. The van der Waals surface area contributed by atoms with Crippen molar-refractivity contribution in [3.8, 4) is 0 Å². The Morgan fingerprint density at radius 2 is 2.12 bits per heavy atom. The summed E-state index contributed by atoms with van der Waals surface area (Å²) in [6, 6.07) is 8.90. The van der Waals surface area contributed by atoms with E-state index in [-0.39, 0.29) is 18.5 Å². The summed E-state index contributed by atoms with van der Waals surface area (Å²) < 4.78 is 4.86. The van der Waals surface area contributed by atoms with Crippen molar-refractivity contribution in [2.45, 2.75) is 6.04 Å². The van der Waals surface area contributed by atoms with Gasteiger partial charge in [-0.25, -0.2) is 9.69 Å². The van der Waals surface area contributed by atoms with Gasteiger partial charge in [0.15, 0.2) is 0 Å². The second-order valence-corrected chi connectivity index (χ2v) is 3.67. The van der Waals surface area contributed by atoms with Crippen molar-refractivity contribution in [3.05, 3.63) is 35.9 Å². The van der Waals surface area contributed by atoms with Gasteiger partial charge in [0.1, 0.15) is 18.5 Å². The molecule has 1 atom stereocenters. The highest BCUT2D eigenvalue weighted by atomic mass is 35.5. The normalized spacial score (nSPS) is 19.7. The van der Waals surface area contributed by atoms with Crippen LogP contribution in [0.4, 0.5) is 4.79 Å². The molecule has 0 saturated carbocycles. The third-order valence-electron chi connectivity index (χ3n) is 2.44. The molecule has 1 saturated heterocycles. The van der Waals surface area contributed by atoms with Crippen molar-refractivity contribution in [1.29, 1.82) is 0 Å². The smallest absolute Gasteiger partial charge is 0.417 e. The molecule has 1 fully saturated rings. The number of amides is 2. The lowest BCUT2D eigenvalue weighted by molar-refractivity contribution is -0.126. The first-order valence-corrected chi connectivity index (χ1v) is 5.37. The summed E-state index contributed by atoms with van der Waals surface area (Å²) in [7, 11) is 0. The summed E-state index contributed by atoms with van der Waals surface area (Å²) in [6.45, 7) is 0.186. The maximum atomic E-state index is 11.5. The van der Waals surface area contributed by atoms with Gasteiger partial charge in [0.05, 0.1) is 0 Å². The summed E-state index contributed by atoms with van der Waals surface area (Å²) in [5.74, 6) is -0.656. The molecule has 0 unspecified atom stereocenters. The molecule has 4 nitrogen and oxygen atoms in total. The van der Waals surface area contributed by atoms with Gasteiger partial charge >= 0.3 is 6.09 Å². The van der Waals surface area contributed by atoms with Gasteiger partial charge in [-0.05, 0) is 5.56 Å². The van der Waals surface area contributed by atoms with E-state index in [0.29, 0.717) is 0 Å². The van der Waals surface area contributed by atoms with Crippen LogP contribution in [0, 0.1) is 0 Å². The second kappa shape index (κ2) is 4.53. The predicted molar refractivity (Wildman–Crippen MR) is 58.1 cm³/mol. The summed E-state index contributed by atoms with van der Waals surface area (Å²) in [5, 5.41) is 0. The van der Waals surface area contributed by atoms with Crippen LogP contribution < -0.4 is 0 Å². The van der Waals surface area contributed by atoms with Crippen molar-refractivity contribution in [3.63, 3.8) is 0 Å². The van der Waals surface area contributed by atoms with E-state index in [1.54, 1.807) is 0 Å². The number of hydrogen-bond donors (Lipinski definition) is 0. The second-order valence-electron chi connectivity index (χ2n) is 3.40. The molecule has 0 bridgehead atoms. The van der Waals surface area contributed by atoms with Gasteiger partial charge in [-0.3, -0.25) is 4.79 Å². The molecular weight excluding hydrogens is 230 g/mol. The molecule has 2 rings (SSSR count). The number of imide groups is 1. The highest BCUT2D eigenvalue weighted by Gasteiger charge is 2.38. The fourth-order valence-electron chi connectivity index (χ4n) is 1.68. The van der Waals surface area contributed by atoms with Gasteiger partial charge < -0.3 is 4.74 Å². The van der Waals surface area contributed by atoms with Crippen LogP contribution >= 0.6 is 11.6 Å². The molecule has 0 aliphatic carbocycles. The fraction of sp³-hybridized carbons (Fsp3) is 0.273. The Hall–Kier alpha value is -1.55. The average molecular weight is 240 g/mol. The van der Waals surface area contributed by atoms with E-state index in [2.05, 4.69) is 0 Å². The lowest BCUT2D eigenvalue weighted by Crippen LogP contribution is -2.34. The molecule has 0 radical (unpaired) electrons. The Balaban J connectivity index is 2.28. The maximum Gasteiger partial charge on any atom is 0.417 e. The molecule has 2 amide bonds. The number of alkyl halides is 1. The molecular formula is C11H10ClNO3. The van der Waals surface area contributed by atoms with Crippen LogP contribution in [-0.2, 0) is 9.53 Å².